The SMILES string of the molecule is Cn1cnc(-c2ncnc3c2cnn3CCN2CCCCC2)c1. The first-order valence-corrected chi connectivity index (χ1v) is 8.18. The van der Waals surface area contributed by atoms with Crippen LogP contribution in [0.4, 0.5) is 0 Å². The molecule has 0 spiro atoms. The number of hydrogen-bond acceptors (Lipinski definition) is 5. The lowest BCUT2D eigenvalue weighted by molar-refractivity contribution is 0.219. The molecule has 1 fully saturated rings. The second-order valence-corrected chi connectivity index (χ2v) is 6.15. The molecule has 3 aromatic rings. The van der Waals surface area contributed by atoms with Crippen LogP contribution in [0.1, 0.15) is 19.3 Å². The molecule has 0 aliphatic carbocycles. The lowest BCUT2D eigenvalue weighted by atomic mass is 10.1. The highest BCUT2D eigenvalue weighted by Crippen LogP contribution is 2.23. The van der Waals surface area contributed by atoms with E-state index in [1.807, 2.05) is 28.7 Å². The first-order valence-electron chi connectivity index (χ1n) is 8.18. The molecule has 0 aromatic carbocycles. The average Bonchev–Trinajstić information content (AvgIpc) is 3.20. The second kappa shape index (κ2) is 6.08. The number of imidazole rings is 1. The van der Waals surface area contributed by atoms with Crippen molar-refractivity contribution in [1.82, 2.24) is 34.2 Å². The molecule has 7 heteroatoms. The molecule has 1 saturated heterocycles. The van der Waals surface area contributed by atoms with Crippen molar-refractivity contribution >= 4 is 11.0 Å². The van der Waals surface area contributed by atoms with Gasteiger partial charge in [0, 0.05) is 19.8 Å². The van der Waals surface area contributed by atoms with Crippen molar-refractivity contribution < 1.29 is 0 Å². The van der Waals surface area contributed by atoms with Gasteiger partial charge in [0.1, 0.15) is 17.7 Å². The number of nitrogens with zero attached hydrogens (tertiary/aromatic N) is 7. The lowest BCUT2D eigenvalue weighted by Crippen LogP contribution is -2.32. The number of piperidine rings is 1. The molecule has 4 rings (SSSR count). The van der Waals surface area contributed by atoms with Crippen molar-refractivity contribution in [2.75, 3.05) is 19.6 Å². The lowest BCUT2D eigenvalue weighted by Gasteiger charge is -2.26. The predicted molar refractivity (Wildman–Crippen MR) is 87.8 cm³/mol. The van der Waals surface area contributed by atoms with Crippen LogP contribution >= 0.6 is 0 Å². The molecule has 1 aliphatic heterocycles. The maximum Gasteiger partial charge on any atom is 0.161 e. The zero-order valence-corrected chi connectivity index (χ0v) is 13.4. The third kappa shape index (κ3) is 2.84. The minimum absolute atomic E-state index is 0.847. The molecule has 0 radical (unpaired) electrons. The summed E-state index contributed by atoms with van der Waals surface area (Å²) in [6.07, 6.45) is 11.2. The van der Waals surface area contributed by atoms with Crippen LogP contribution in [0.2, 0.25) is 0 Å². The van der Waals surface area contributed by atoms with Crippen LogP contribution in [0.15, 0.2) is 25.0 Å². The summed E-state index contributed by atoms with van der Waals surface area (Å²) in [6.45, 7) is 4.29. The molecule has 0 saturated carbocycles. The fourth-order valence-corrected chi connectivity index (χ4v) is 3.21. The van der Waals surface area contributed by atoms with Crippen molar-refractivity contribution in [2.24, 2.45) is 7.05 Å². The molecule has 0 N–H and O–H groups in total. The van der Waals surface area contributed by atoms with Crippen molar-refractivity contribution in [3.63, 3.8) is 0 Å². The van der Waals surface area contributed by atoms with Crippen molar-refractivity contribution in [2.45, 2.75) is 25.8 Å². The number of rotatable bonds is 4. The summed E-state index contributed by atoms with van der Waals surface area (Å²) in [5.74, 6) is 0. The third-order valence-corrected chi connectivity index (χ3v) is 4.46. The molecule has 23 heavy (non-hydrogen) atoms. The van der Waals surface area contributed by atoms with Gasteiger partial charge in [-0.15, -0.1) is 0 Å². The van der Waals surface area contributed by atoms with Gasteiger partial charge < -0.3 is 9.47 Å². The molecule has 1 aliphatic rings. The van der Waals surface area contributed by atoms with Crippen LogP contribution in [0.5, 0.6) is 0 Å². The third-order valence-electron chi connectivity index (χ3n) is 4.46. The van der Waals surface area contributed by atoms with Crippen LogP contribution in [0, 0.1) is 0 Å². The van der Waals surface area contributed by atoms with E-state index in [1.165, 1.54) is 32.4 Å². The number of aryl methyl sites for hydroxylation is 1. The number of aromatic nitrogens is 6. The van der Waals surface area contributed by atoms with E-state index in [9.17, 15) is 0 Å². The zero-order valence-electron chi connectivity index (χ0n) is 13.4. The van der Waals surface area contributed by atoms with Gasteiger partial charge in [0.15, 0.2) is 5.65 Å². The van der Waals surface area contributed by atoms with Gasteiger partial charge in [-0.25, -0.2) is 19.6 Å². The Kier molecular flexibility index (Phi) is 3.78. The Morgan fingerprint density at radius 1 is 1.04 bits per heavy atom. The first-order chi connectivity index (χ1) is 11.3. The largest absolute Gasteiger partial charge is 0.340 e. The second-order valence-electron chi connectivity index (χ2n) is 6.15. The molecule has 0 unspecified atom stereocenters. The fraction of sp³-hybridized carbons (Fsp3) is 0.500. The van der Waals surface area contributed by atoms with Crippen molar-refractivity contribution in [1.29, 1.82) is 0 Å². The molecule has 4 heterocycles. The molecule has 0 atom stereocenters. The molecule has 0 bridgehead atoms. The fourth-order valence-electron chi connectivity index (χ4n) is 3.21. The van der Waals surface area contributed by atoms with Gasteiger partial charge in [-0.1, -0.05) is 6.42 Å². The summed E-state index contributed by atoms with van der Waals surface area (Å²) in [4.78, 5) is 15.7. The molecule has 0 amide bonds. The Morgan fingerprint density at radius 3 is 2.70 bits per heavy atom. The van der Waals surface area contributed by atoms with E-state index in [-0.39, 0.29) is 0 Å². The smallest absolute Gasteiger partial charge is 0.161 e. The molecular formula is C16H21N7. The van der Waals surface area contributed by atoms with Gasteiger partial charge in [0.05, 0.1) is 24.5 Å². The van der Waals surface area contributed by atoms with Crippen LogP contribution in [0.25, 0.3) is 22.4 Å². The maximum atomic E-state index is 4.53. The summed E-state index contributed by atoms with van der Waals surface area (Å²) in [7, 11) is 1.96. The Hall–Kier alpha value is -2.28. The predicted octanol–water partition coefficient (Wildman–Crippen LogP) is 1.71. The van der Waals surface area contributed by atoms with Crippen molar-refractivity contribution in [3.8, 4) is 11.4 Å². The highest BCUT2D eigenvalue weighted by molar-refractivity contribution is 5.88. The minimum atomic E-state index is 0.847. The van der Waals surface area contributed by atoms with E-state index < -0.39 is 0 Å². The van der Waals surface area contributed by atoms with E-state index in [1.54, 1.807) is 12.7 Å². The summed E-state index contributed by atoms with van der Waals surface area (Å²) in [5, 5.41) is 5.49. The van der Waals surface area contributed by atoms with E-state index in [0.29, 0.717) is 0 Å². The number of hydrogen-bond donors (Lipinski definition) is 0. The summed E-state index contributed by atoms with van der Waals surface area (Å²) >= 11 is 0. The van der Waals surface area contributed by atoms with Gasteiger partial charge in [-0.3, -0.25) is 0 Å². The van der Waals surface area contributed by atoms with E-state index in [2.05, 4.69) is 25.0 Å². The standard InChI is InChI=1S/C16H21N7/c1-21-10-14(19-12-21)15-13-9-20-23(16(13)18-11-17-15)8-7-22-5-3-2-4-6-22/h9-12H,2-8H2,1H3. The van der Waals surface area contributed by atoms with Crippen LogP contribution in [-0.2, 0) is 13.6 Å². The van der Waals surface area contributed by atoms with E-state index in [4.69, 9.17) is 0 Å². The van der Waals surface area contributed by atoms with Gasteiger partial charge in [-0.2, -0.15) is 5.10 Å². The normalized spacial score (nSPS) is 16.2. The Bertz CT molecular complexity index is 798. The van der Waals surface area contributed by atoms with Gasteiger partial charge >= 0.3 is 0 Å². The molecule has 7 nitrogen and oxygen atoms in total. The van der Waals surface area contributed by atoms with Gasteiger partial charge in [0.25, 0.3) is 0 Å². The quantitative estimate of drug-likeness (QED) is 0.734. The average molecular weight is 311 g/mol. The summed E-state index contributed by atoms with van der Waals surface area (Å²) in [6, 6.07) is 0. The number of fused-ring (bicyclic) bond motifs is 1. The van der Waals surface area contributed by atoms with Gasteiger partial charge in [-0.05, 0) is 25.9 Å². The van der Waals surface area contributed by atoms with Crippen LogP contribution < -0.4 is 0 Å². The summed E-state index contributed by atoms with van der Waals surface area (Å²) < 4.78 is 3.90. The minimum Gasteiger partial charge on any atom is -0.340 e. The highest BCUT2D eigenvalue weighted by Gasteiger charge is 2.14. The number of likely N-dealkylation sites (tertiary alicyclic amines) is 1. The van der Waals surface area contributed by atoms with Crippen molar-refractivity contribution in [3.05, 3.63) is 25.0 Å². The zero-order chi connectivity index (χ0) is 15.6. The maximum absolute atomic E-state index is 4.53. The first kappa shape index (κ1) is 14.3. The Balaban J connectivity index is 1.59. The molecular weight excluding hydrogens is 290 g/mol. The van der Waals surface area contributed by atoms with Crippen LogP contribution in [-0.4, -0.2) is 53.8 Å². The molecule has 120 valence electrons. The molecule has 3 aromatic heterocycles. The Morgan fingerprint density at radius 2 is 1.91 bits per heavy atom. The topological polar surface area (TPSA) is 64.7 Å². The van der Waals surface area contributed by atoms with E-state index >= 15 is 0 Å². The highest BCUT2D eigenvalue weighted by atomic mass is 15.3. The monoisotopic (exact) mass is 311 g/mol. The van der Waals surface area contributed by atoms with Gasteiger partial charge in [0.2, 0.25) is 0 Å². The van der Waals surface area contributed by atoms with E-state index in [0.717, 1.165) is 35.5 Å². The van der Waals surface area contributed by atoms with Crippen LogP contribution in [0.3, 0.4) is 0 Å². The summed E-state index contributed by atoms with van der Waals surface area (Å²) in [5.41, 5.74) is 2.59. The Labute approximate surface area is 135 Å².